The van der Waals surface area contributed by atoms with Gasteiger partial charge in [-0.05, 0) is 18.2 Å². The molecule has 1 amide bonds. The van der Waals surface area contributed by atoms with Crippen molar-refractivity contribution in [1.29, 1.82) is 0 Å². The van der Waals surface area contributed by atoms with E-state index in [0.717, 1.165) is 25.4 Å². The maximum atomic E-state index is 11.9. The van der Waals surface area contributed by atoms with Crippen molar-refractivity contribution >= 4 is 40.6 Å². The number of nitrogens with one attached hydrogen (secondary N) is 1. The van der Waals surface area contributed by atoms with Crippen molar-refractivity contribution < 1.29 is 4.79 Å². The van der Waals surface area contributed by atoms with Crippen LogP contribution in [0, 0.1) is 0 Å². The molecule has 1 aliphatic rings. The minimum absolute atomic E-state index is 0.0115. The molecule has 1 aliphatic heterocycles. The fourth-order valence-electron chi connectivity index (χ4n) is 2.20. The second kappa shape index (κ2) is 7.20. The first-order chi connectivity index (χ1) is 9.54. The lowest BCUT2D eigenvalue weighted by Crippen LogP contribution is -2.38. The van der Waals surface area contributed by atoms with Gasteiger partial charge in [-0.2, -0.15) is 11.8 Å². The summed E-state index contributed by atoms with van der Waals surface area (Å²) in [5, 5.41) is 3.95. The van der Waals surface area contributed by atoms with E-state index < -0.39 is 0 Å². The average Bonchev–Trinajstić information content (AvgIpc) is 2.40. The summed E-state index contributed by atoms with van der Waals surface area (Å²) >= 11 is 8.02. The lowest BCUT2D eigenvalue weighted by atomic mass is 10.2. The van der Waals surface area contributed by atoms with Crippen LogP contribution in [0.4, 0.5) is 11.4 Å². The minimum Gasteiger partial charge on any atom is -0.399 e. The molecule has 4 nitrogen and oxygen atoms in total. The first-order valence-electron chi connectivity index (χ1n) is 6.73. The molecule has 1 aromatic rings. The van der Waals surface area contributed by atoms with Crippen LogP contribution in [0.2, 0.25) is 5.02 Å². The van der Waals surface area contributed by atoms with Gasteiger partial charge in [0.1, 0.15) is 0 Å². The van der Waals surface area contributed by atoms with Gasteiger partial charge >= 0.3 is 0 Å². The molecule has 1 atom stereocenters. The Bertz CT molecular complexity index is 483. The van der Waals surface area contributed by atoms with Gasteiger partial charge in [-0.3, -0.25) is 4.79 Å². The van der Waals surface area contributed by atoms with E-state index in [1.165, 1.54) is 0 Å². The van der Waals surface area contributed by atoms with Crippen molar-refractivity contribution in [1.82, 2.24) is 4.90 Å². The molecule has 1 saturated heterocycles. The molecule has 0 radical (unpaired) electrons. The number of halogens is 1. The van der Waals surface area contributed by atoms with E-state index in [9.17, 15) is 4.79 Å². The van der Waals surface area contributed by atoms with Crippen LogP contribution in [-0.2, 0) is 4.79 Å². The van der Waals surface area contributed by atoms with Crippen LogP contribution in [-0.4, -0.2) is 41.4 Å². The number of nitrogen functional groups attached to an aromatic ring is 1. The normalized spacial score (nSPS) is 19.8. The lowest BCUT2D eigenvalue weighted by Gasteiger charge is -2.30. The number of thioether (sulfide) groups is 1. The van der Waals surface area contributed by atoms with Crippen molar-refractivity contribution in [3.8, 4) is 0 Å². The number of nitrogens with zero attached hydrogens (tertiary/aromatic N) is 1. The van der Waals surface area contributed by atoms with Crippen LogP contribution in [0.1, 0.15) is 13.3 Å². The van der Waals surface area contributed by atoms with Gasteiger partial charge in [0.05, 0.1) is 10.7 Å². The summed E-state index contributed by atoms with van der Waals surface area (Å²) in [4.78, 5) is 14.3. The average molecular weight is 314 g/mol. The van der Waals surface area contributed by atoms with Crippen molar-refractivity contribution in [2.24, 2.45) is 0 Å². The second-order valence-electron chi connectivity index (χ2n) is 5.02. The molecular weight excluding hydrogens is 294 g/mol. The van der Waals surface area contributed by atoms with Gasteiger partial charge in [0.25, 0.3) is 0 Å². The van der Waals surface area contributed by atoms with E-state index in [1.54, 1.807) is 18.2 Å². The molecule has 0 saturated carbocycles. The summed E-state index contributed by atoms with van der Waals surface area (Å²) in [5.41, 5.74) is 6.83. The van der Waals surface area contributed by atoms with Crippen molar-refractivity contribution in [3.63, 3.8) is 0 Å². The van der Waals surface area contributed by atoms with Crippen molar-refractivity contribution in [2.75, 3.05) is 36.4 Å². The zero-order chi connectivity index (χ0) is 14.5. The van der Waals surface area contributed by atoms with Gasteiger partial charge in [-0.1, -0.05) is 18.5 Å². The molecule has 0 aromatic heterocycles. The Kier molecular flexibility index (Phi) is 5.57. The molecule has 20 heavy (non-hydrogen) atoms. The summed E-state index contributed by atoms with van der Waals surface area (Å²) in [6, 6.07) is 5.10. The van der Waals surface area contributed by atoms with Gasteiger partial charge in [0.2, 0.25) is 5.91 Å². The number of carbonyl (C=O) groups is 1. The molecule has 3 N–H and O–H groups in total. The van der Waals surface area contributed by atoms with E-state index in [2.05, 4.69) is 17.1 Å². The third-order valence-corrected chi connectivity index (χ3v) is 4.70. The first kappa shape index (κ1) is 15.5. The van der Waals surface area contributed by atoms with E-state index in [1.807, 2.05) is 11.8 Å². The van der Waals surface area contributed by atoms with Gasteiger partial charge in [0, 0.05) is 42.7 Å². The van der Waals surface area contributed by atoms with Crippen LogP contribution >= 0.6 is 23.4 Å². The molecular formula is C14H20ClN3OS. The van der Waals surface area contributed by atoms with Crippen molar-refractivity contribution in [2.45, 2.75) is 18.6 Å². The first-order valence-corrected chi connectivity index (χ1v) is 8.16. The highest BCUT2D eigenvalue weighted by Crippen LogP contribution is 2.24. The highest BCUT2D eigenvalue weighted by Gasteiger charge is 2.17. The highest BCUT2D eigenvalue weighted by atomic mass is 35.5. The SMILES string of the molecule is CC1CN(CCC(=O)Nc2ccc(N)cc2Cl)CCS1. The van der Waals surface area contributed by atoms with E-state index >= 15 is 0 Å². The summed E-state index contributed by atoms with van der Waals surface area (Å²) in [7, 11) is 0. The van der Waals surface area contributed by atoms with Crippen LogP contribution in [0.15, 0.2) is 18.2 Å². The Morgan fingerprint density at radius 3 is 3.10 bits per heavy atom. The predicted octanol–water partition coefficient (Wildman–Crippen LogP) is 2.69. The quantitative estimate of drug-likeness (QED) is 0.839. The number of hydrogen-bond acceptors (Lipinski definition) is 4. The standard InChI is InChI=1S/C14H20ClN3OS/c1-10-9-18(6-7-20-10)5-4-14(19)17-13-3-2-11(16)8-12(13)15/h2-3,8,10H,4-7,9,16H2,1H3,(H,17,19). The van der Waals surface area contributed by atoms with E-state index in [0.29, 0.717) is 28.1 Å². The fourth-order valence-corrected chi connectivity index (χ4v) is 3.52. The molecule has 0 aliphatic carbocycles. The number of anilines is 2. The summed E-state index contributed by atoms with van der Waals surface area (Å²) in [6.45, 7) is 5.14. The highest BCUT2D eigenvalue weighted by molar-refractivity contribution is 7.99. The molecule has 1 aromatic carbocycles. The van der Waals surface area contributed by atoms with Crippen LogP contribution in [0.25, 0.3) is 0 Å². The zero-order valence-electron chi connectivity index (χ0n) is 11.6. The Balaban J connectivity index is 1.80. The fraction of sp³-hybridized carbons (Fsp3) is 0.500. The number of hydrogen-bond donors (Lipinski definition) is 2. The third-order valence-electron chi connectivity index (χ3n) is 3.25. The maximum absolute atomic E-state index is 11.9. The summed E-state index contributed by atoms with van der Waals surface area (Å²) in [5.74, 6) is 1.13. The Labute approximate surface area is 129 Å². The predicted molar refractivity (Wildman–Crippen MR) is 87.5 cm³/mol. The molecule has 6 heteroatoms. The number of carbonyl (C=O) groups excluding carboxylic acids is 1. The summed E-state index contributed by atoms with van der Waals surface area (Å²) in [6.07, 6.45) is 0.484. The smallest absolute Gasteiger partial charge is 0.225 e. The molecule has 2 rings (SSSR count). The Hall–Kier alpha value is -0.910. The van der Waals surface area contributed by atoms with Crippen LogP contribution in [0.3, 0.4) is 0 Å². The lowest BCUT2D eigenvalue weighted by molar-refractivity contribution is -0.116. The molecule has 0 bridgehead atoms. The zero-order valence-corrected chi connectivity index (χ0v) is 13.1. The van der Waals surface area contributed by atoms with Gasteiger partial charge in [0.15, 0.2) is 0 Å². The van der Waals surface area contributed by atoms with Gasteiger partial charge in [-0.15, -0.1) is 0 Å². The van der Waals surface area contributed by atoms with Crippen LogP contribution < -0.4 is 11.1 Å². The Morgan fingerprint density at radius 1 is 1.60 bits per heavy atom. The minimum atomic E-state index is -0.0115. The van der Waals surface area contributed by atoms with Crippen molar-refractivity contribution in [3.05, 3.63) is 23.2 Å². The van der Waals surface area contributed by atoms with Crippen LogP contribution in [0.5, 0.6) is 0 Å². The van der Waals surface area contributed by atoms with E-state index in [4.69, 9.17) is 17.3 Å². The summed E-state index contributed by atoms with van der Waals surface area (Å²) < 4.78 is 0. The molecule has 1 fully saturated rings. The largest absolute Gasteiger partial charge is 0.399 e. The van der Waals surface area contributed by atoms with E-state index in [-0.39, 0.29) is 5.91 Å². The Morgan fingerprint density at radius 2 is 2.40 bits per heavy atom. The molecule has 110 valence electrons. The van der Waals surface area contributed by atoms with Gasteiger partial charge in [-0.25, -0.2) is 0 Å². The monoisotopic (exact) mass is 313 g/mol. The van der Waals surface area contributed by atoms with Gasteiger partial charge < -0.3 is 16.0 Å². The second-order valence-corrected chi connectivity index (χ2v) is 6.97. The number of nitrogens with two attached hydrogens (primary N) is 1. The number of rotatable bonds is 4. The molecule has 1 unspecified atom stereocenters. The number of amides is 1. The maximum Gasteiger partial charge on any atom is 0.225 e. The number of benzene rings is 1. The molecule has 0 spiro atoms. The third kappa shape index (κ3) is 4.58. The topological polar surface area (TPSA) is 58.4 Å². The molecule has 1 heterocycles.